The van der Waals surface area contributed by atoms with Gasteiger partial charge < -0.3 is 13.9 Å². The molecule has 5 nitrogen and oxygen atoms in total. The van der Waals surface area contributed by atoms with Crippen LogP contribution in [0.15, 0.2) is 22.6 Å². The summed E-state index contributed by atoms with van der Waals surface area (Å²) in [6, 6.07) is 5.41. The third-order valence-corrected chi connectivity index (χ3v) is 2.45. The maximum atomic E-state index is 5.62. The lowest BCUT2D eigenvalue weighted by Crippen LogP contribution is -1.92. The smallest absolute Gasteiger partial charge is 0.255 e. The van der Waals surface area contributed by atoms with Gasteiger partial charge in [0.05, 0.1) is 14.2 Å². The average Bonchev–Trinajstić information content (AvgIpc) is 2.86. The van der Waals surface area contributed by atoms with Crippen LogP contribution in [0.2, 0.25) is 0 Å². The second-order valence-corrected chi connectivity index (χ2v) is 3.44. The molecule has 0 N–H and O–H groups in total. The lowest BCUT2D eigenvalue weighted by Gasteiger charge is -2.09. The standard InChI is InChI=1S/C11H11ClN2O3/c1-15-7-4-3-5-8(16-2)10(7)11-14-13-9(6-12)17-11/h3-5H,6H2,1-2H3. The van der Waals surface area contributed by atoms with Gasteiger partial charge in [0, 0.05) is 0 Å². The molecule has 0 amide bonds. The van der Waals surface area contributed by atoms with Crippen LogP contribution in [0.1, 0.15) is 5.89 Å². The summed E-state index contributed by atoms with van der Waals surface area (Å²) < 4.78 is 15.9. The first-order valence-corrected chi connectivity index (χ1v) is 5.43. The Balaban J connectivity index is 2.55. The van der Waals surface area contributed by atoms with Crippen molar-refractivity contribution >= 4 is 11.6 Å². The summed E-state index contributed by atoms with van der Waals surface area (Å²) in [5.74, 6) is 2.07. The Morgan fingerprint density at radius 1 is 1.18 bits per heavy atom. The molecule has 17 heavy (non-hydrogen) atoms. The highest BCUT2D eigenvalue weighted by molar-refractivity contribution is 6.16. The number of alkyl halides is 1. The normalized spacial score (nSPS) is 10.3. The number of halogens is 1. The molecule has 2 aromatic rings. The van der Waals surface area contributed by atoms with E-state index in [1.54, 1.807) is 26.4 Å². The summed E-state index contributed by atoms with van der Waals surface area (Å²) in [4.78, 5) is 0. The van der Waals surface area contributed by atoms with E-state index in [-0.39, 0.29) is 5.88 Å². The maximum Gasteiger partial charge on any atom is 0.255 e. The molecule has 0 aliphatic rings. The maximum absolute atomic E-state index is 5.62. The number of rotatable bonds is 4. The number of benzene rings is 1. The summed E-state index contributed by atoms with van der Waals surface area (Å²) in [5, 5.41) is 7.72. The van der Waals surface area contributed by atoms with E-state index < -0.39 is 0 Å². The molecule has 0 aliphatic carbocycles. The van der Waals surface area contributed by atoms with Crippen molar-refractivity contribution in [2.45, 2.75) is 5.88 Å². The van der Waals surface area contributed by atoms with Crippen LogP contribution in [-0.2, 0) is 5.88 Å². The van der Waals surface area contributed by atoms with E-state index in [9.17, 15) is 0 Å². The molecule has 0 bridgehead atoms. The number of hydrogen-bond donors (Lipinski definition) is 0. The molecular formula is C11H11ClN2O3. The van der Waals surface area contributed by atoms with Crippen LogP contribution in [0.3, 0.4) is 0 Å². The fourth-order valence-electron chi connectivity index (χ4n) is 1.47. The van der Waals surface area contributed by atoms with E-state index in [0.29, 0.717) is 28.8 Å². The first-order chi connectivity index (χ1) is 8.30. The van der Waals surface area contributed by atoms with E-state index >= 15 is 0 Å². The quantitative estimate of drug-likeness (QED) is 0.785. The number of hydrogen-bond acceptors (Lipinski definition) is 5. The van der Waals surface area contributed by atoms with Gasteiger partial charge in [0.2, 0.25) is 5.89 Å². The molecule has 2 rings (SSSR count). The zero-order valence-electron chi connectivity index (χ0n) is 9.44. The van der Waals surface area contributed by atoms with Gasteiger partial charge in [-0.1, -0.05) is 6.07 Å². The van der Waals surface area contributed by atoms with Crippen LogP contribution < -0.4 is 9.47 Å². The molecule has 1 aromatic heterocycles. The Labute approximate surface area is 103 Å². The van der Waals surface area contributed by atoms with Crippen LogP contribution in [0.4, 0.5) is 0 Å². The summed E-state index contributed by atoms with van der Waals surface area (Å²) in [5.41, 5.74) is 0.626. The van der Waals surface area contributed by atoms with Crippen LogP contribution in [-0.4, -0.2) is 24.4 Å². The second-order valence-electron chi connectivity index (χ2n) is 3.17. The predicted molar refractivity (Wildman–Crippen MR) is 62.4 cm³/mol. The van der Waals surface area contributed by atoms with E-state index in [0.717, 1.165) is 0 Å². The molecule has 1 aromatic carbocycles. The predicted octanol–water partition coefficient (Wildman–Crippen LogP) is 2.49. The van der Waals surface area contributed by atoms with Gasteiger partial charge >= 0.3 is 0 Å². The molecule has 0 unspecified atom stereocenters. The zero-order chi connectivity index (χ0) is 12.3. The molecule has 0 radical (unpaired) electrons. The molecule has 0 saturated carbocycles. The van der Waals surface area contributed by atoms with Crippen molar-refractivity contribution in [2.24, 2.45) is 0 Å². The van der Waals surface area contributed by atoms with Crippen molar-refractivity contribution < 1.29 is 13.9 Å². The molecule has 90 valence electrons. The van der Waals surface area contributed by atoms with Crippen LogP contribution in [0, 0.1) is 0 Å². The van der Waals surface area contributed by atoms with E-state index in [2.05, 4.69) is 10.2 Å². The number of methoxy groups -OCH3 is 2. The minimum Gasteiger partial charge on any atom is -0.496 e. The van der Waals surface area contributed by atoms with Crippen LogP contribution in [0.25, 0.3) is 11.5 Å². The zero-order valence-corrected chi connectivity index (χ0v) is 10.2. The Kier molecular flexibility index (Phi) is 3.49. The Hall–Kier alpha value is -1.75. The van der Waals surface area contributed by atoms with Gasteiger partial charge in [0.15, 0.2) is 0 Å². The molecule has 1 heterocycles. The highest BCUT2D eigenvalue weighted by Gasteiger charge is 2.18. The lowest BCUT2D eigenvalue weighted by atomic mass is 10.2. The minimum absolute atomic E-state index is 0.171. The first kappa shape index (κ1) is 11.7. The van der Waals surface area contributed by atoms with E-state index in [1.165, 1.54) is 0 Å². The topological polar surface area (TPSA) is 57.4 Å². The first-order valence-electron chi connectivity index (χ1n) is 4.90. The lowest BCUT2D eigenvalue weighted by molar-refractivity contribution is 0.393. The van der Waals surface area contributed by atoms with Crippen LogP contribution in [0.5, 0.6) is 11.5 Å². The van der Waals surface area contributed by atoms with Gasteiger partial charge in [0.1, 0.15) is 22.9 Å². The van der Waals surface area contributed by atoms with Crippen molar-refractivity contribution in [1.29, 1.82) is 0 Å². The van der Waals surface area contributed by atoms with Crippen molar-refractivity contribution in [3.8, 4) is 23.0 Å². The van der Waals surface area contributed by atoms with Crippen molar-refractivity contribution in [2.75, 3.05) is 14.2 Å². The molecule has 0 atom stereocenters. The highest BCUT2D eigenvalue weighted by atomic mass is 35.5. The van der Waals surface area contributed by atoms with E-state index in [4.69, 9.17) is 25.5 Å². The van der Waals surface area contributed by atoms with Gasteiger partial charge in [-0.2, -0.15) is 0 Å². The van der Waals surface area contributed by atoms with Gasteiger partial charge in [-0.05, 0) is 12.1 Å². The molecule has 0 fully saturated rings. The highest BCUT2D eigenvalue weighted by Crippen LogP contribution is 2.37. The Morgan fingerprint density at radius 2 is 1.82 bits per heavy atom. The van der Waals surface area contributed by atoms with Gasteiger partial charge in [-0.25, -0.2) is 0 Å². The second kappa shape index (κ2) is 5.05. The summed E-state index contributed by atoms with van der Waals surface area (Å²) >= 11 is 5.62. The number of aromatic nitrogens is 2. The molecule has 6 heteroatoms. The third kappa shape index (κ3) is 2.19. The summed E-state index contributed by atoms with van der Waals surface area (Å²) in [7, 11) is 3.13. The number of nitrogens with zero attached hydrogens (tertiary/aromatic N) is 2. The molecule has 0 saturated heterocycles. The molecule has 0 aliphatic heterocycles. The van der Waals surface area contributed by atoms with Crippen molar-refractivity contribution in [3.05, 3.63) is 24.1 Å². The fraction of sp³-hybridized carbons (Fsp3) is 0.273. The monoisotopic (exact) mass is 254 g/mol. The fourth-order valence-corrected chi connectivity index (χ4v) is 1.58. The molecule has 0 spiro atoms. The average molecular weight is 255 g/mol. The Bertz CT molecular complexity index is 491. The summed E-state index contributed by atoms with van der Waals surface area (Å²) in [6.07, 6.45) is 0. The van der Waals surface area contributed by atoms with Gasteiger partial charge in [0.25, 0.3) is 5.89 Å². The third-order valence-electron chi connectivity index (χ3n) is 2.22. The Morgan fingerprint density at radius 3 is 2.29 bits per heavy atom. The van der Waals surface area contributed by atoms with E-state index in [1.807, 2.05) is 6.07 Å². The largest absolute Gasteiger partial charge is 0.496 e. The van der Waals surface area contributed by atoms with Gasteiger partial charge in [-0.3, -0.25) is 0 Å². The minimum atomic E-state index is 0.171. The van der Waals surface area contributed by atoms with Gasteiger partial charge in [-0.15, -0.1) is 21.8 Å². The molecular weight excluding hydrogens is 244 g/mol. The van der Waals surface area contributed by atoms with Crippen LogP contribution >= 0.6 is 11.6 Å². The van der Waals surface area contributed by atoms with Crippen molar-refractivity contribution in [1.82, 2.24) is 10.2 Å². The SMILES string of the molecule is COc1cccc(OC)c1-c1nnc(CCl)o1. The number of ether oxygens (including phenoxy) is 2. The summed E-state index contributed by atoms with van der Waals surface area (Å²) in [6.45, 7) is 0. The van der Waals surface area contributed by atoms with Crippen molar-refractivity contribution in [3.63, 3.8) is 0 Å².